The van der Waals surface area contributed by atoms with Crippen LogP contribution in [0.4, 0.5) is 5.69 Å². The molecule has 0 unspecified atom stereocenters. The lowest BCUT2D eigenvalue weighted by atomic mass is 9.98. The van der Waals surface area contributed by atoms with Gasteiger partial charge in [-0.25, -0.2) is 0 Å². The first-order valence-corrected chi connectivity index (χ1v) is 9.14. The lowest BCUT2D eigenvalue weighted by molar-refractivity contribution is 0.331. The van der Waals surface area contributed by atoms with Crippen molar-refractivity contribution in [3.8, 4) is 6.07 Å². The molecule has 0 amide bonds. The molecule has 2 aromatic carbocycles. The van der Waals surface area contributed by atoms with E-state index >= 15 is 0 Å². The molecule has 1 saturated heterocycles. The fourth-order valence-electron chi connectivity index (χ4n) is 3.58. The Balaban J connectivity index is 1.67. The van der Waals surface area contributed by atoms with Gasteiger partial charge in [-0.3, -0.25) is 9.89 Å². The van der Waals surface area contributed by atoms with E-state index < -0.39 is 0 Å². The molecular weight excluding hydrogens is 362 g/mol. The van der Waals surface area contributed by atoms with Gasteiger partial charge in [0.05, 0.1) is 23.0 Å². The second-order valence-electron chi connectivity index (χ2n) is 6.48. The van der Waals surface area contributed by atoms with Gasteiger partial charge in [0.15, 0.2) is 0 Å². The number of nitrogens with zero attached hydrogens (tertiary/aromatic N) is 3. The number of benzene rings is 2. The molecule has 2 aliphatic rings. The molecule has 4 rings (SSSR count). The Kier molecular flexibility index (Phi) is 4.22. The number of hydrogen-bond acceptors (Lipinski definition) is 3. The molecule has 0 spiro atoms. The number of likely N-dealkylation sites (tertiary alicyclic amines) is 1. The highest BCUT2D eigenvalue weighted by atomic mass is 79.9. The van der Waals surface area contributed by atoms with Crippen molar-refractivity contribution in [3.05, 3.63) is 63.1 Å². The molecule has 24 heavy (non-hydrogen) atoms. The van der Waals surface area contributed by atoms with E-state index in [1.165, 1.54) is 18.4 Å². The third-order valence-corrected chi connectivity index (χ3v) is 5.26. The molecule has 0 atom stereocenters. The number of halogens is 1. The Morgan fingerprint density at radius 1 is 1.17 bits per heavy atom. The van der Waals surface area contributed by atoms with Crippen molar-refractivity contribution in [1.29, 1.82) is 5.26 Å². The van der Waals surface area contributed by atoms with Crippen molar-refractivity contribution in [2.45, 2.75) is 25.8 Å². The van der Waals surface area contributed by atoms with Crippen LogP contribution in [-0.4, -0.2) is 23.7 Å². The Labute approximate surface area is 150 Å². The first-order valence-electron chi connectivity index (χ1n) is 8.35. The maximum Gasteiger partial charge on any atom is 0.0995 e. The van der Waals surface area contributed by atoms with E-state index in [9.17, 15) is 5.26 Å². The third-order valence-electron chi connectivity index (χ3n) is 4.77. The van der Waals surface area contributed by atoms with Crippen LogP contribution in [-0.2, 0) is 13.0 Å². The molecule has 2 heterocycles. The zero-order valence-electron chi connectivity index (χ0n) is 13.4. The lowest BCUT2D eigenvalue weighted by Crippen LogP contribution is -2.18. The maximum atomic E-state index is 9.57. The van der Waals surface area contributed by atoms with Crippen LogP contribution < -0.4 is 0 Å². The summed E-state index contributed by atoms with van der Waals surface area (Å²) in [5.41, 5.74) is 6.17. The summed E-state index contributed by atoms with van der Waals surface area (Å²) in [5, 5.41) is 9.57. The standard InChI is InChI=1S/C20H18BrN3/c21-17-5-3-4-15(10-17)19-11-18-16(12-22)8-14(9-20(18)23-19)13-24-6-1-2-7-24/h3-5,8-10H,1-2,6-7,11,13H2. The predicted molar refractivity (Wildman–Crippen MR) is 99.7 cm³/mol. The van der Waals surface area contributed by atoms with Gasteiger partial charge < -0.3 is 0 Å². The SMILES string of the molecule is N#Cc1cc(CN2CCCC2)cc2c1CC(c1cccc(Br)c1)=N2. The van der Waals surface area contributed by atoms with Gasteiger partial charge >= 0.3 is 0 Å². The predicted octanol–water partition coefficient (Wildman–Crippen LogP) is 4.59. The van der Waals surface area contributed by atoms with Crippen molar-refractivity contribution in [2.75, 3.05) is 13.1 Å². The molecule has 2 aromatic rings. The van der Waals surface area contributed by atoms with Gasteiger partial charge in [-0.1, -0.05) is 28.1 Å². The molecule has 0 N–H and O–H groups in total. The normalized spacial score (nSPS) is 16.8. The van der Waals surface area contributed by atoms with E-state index in [1.807, 2.05) is 12.1 Å². The molecule has 0 saturated carbocycles. The molecule has 0 bridgehead atoms. The topological polar surface area (TPSA) is 39.4 Å². The van der Waals surface area contributed by atoms with E-state index in [1.54, 1.807) is 0 Å². The summed E-state index contributed by atoms with van der Waals surface area (Å²) in [6.45, 7) is 3.24. The van der Waals surface area contributed by atoms with Gasteiger partial charge in [0.25, 0.3) is 0 Å². The summed E-state index contributed by atoms with van der Waals surface area (Å²) in [7, 11) is 0. The number of fused-ring (bicyclic) bond motifs is 1. The summed E-state index contributed by atoms with van der Waals surface area (Å²) in [5.74, 6) is 0. The zero-order valence-corrected chi connectivity index (χ0v) is 15.0. The summed E-state index contributed by atoms with van der Waals surface area (Å²) >= 11 is 3.52. The number of aliphatic imine (C=N–C) groups is 1. The number of hydrogen-bond donors (Lipinski definition) is 0. The van der Waals surface area contributed by atoms with Crippen LogP contribution in [0.1, 0.15) is 35.1 Å². The van der Waals surface area contributed by atoms with Crippen LogP contribution in [0.5, 0.6) is 0 Å². The van der Waals surface area contributed by atoms with Crippen LogP contribution in [0.3, 0.4) is 0 Å². The minimum absolute atomic E-state index is 0.735. The van der Waals surface area contributed by atoms with E-state index in [4.69, 9.17) is 4.99 Å². The largest absolute Gasteiger partial charge is 0.299 e. The average molecular weight is 380 g/mol. The van der Waals surface area contributed by atoms with E-state index in [2.05, 4.69) is 51.2 Å². The molecule has 0 aliphatic carbocycles. The highest BCUT2D eigenvalue weighted by molar-refractivity contribution is 9.10. The van der Waals surface area contributed by atoms with Crippen molar-refractivity contribution in [3.63, 3.8) is 0 Å². The third kappa shape index (κ3) is 3.02. The van der Waals surface area contributed by atoms with Crippen LogP contribution in [0, 0.1) is 11.3 Å². The van der Waals surface area contributed by atoms with Crippen LogP contribution >= 0.6 is 15.9 Å². The van der Waals surface area contributed by atoms with E-state index in [-0.39, 0.29) is 0 Å². The first kappa shape index (κ1) is 15.6. The van der Waals surface area contributed by atoms with Gasteiger partial charge in [-0.05, 0) is 61.3 Å². The van der Waals surface area contributed by atoms with Gasteiger partial charge in [0.1, 0.15) is 0 Å². The monoisotopic (exact) mass is 379 g/mol. The fourth-order valence-corrected chi connectivity index (χ4v) is 3.98. The lowest BCUT2D eigenvalue weighted by Gasteiger charge is -2.15. The van der Waals surface area contributed by atoms with Crippen molar-refractivity contribution in [1.82, 2.24) is 4.90 Å². The summed E-state index contributed by atoms with van der Waals surface area (Å²) in [4.78, 5) is 7.29. The maximum absolute atomic E-state index is 9.57. The van der Waals surface area contributed by atoms with Crippen molar-refractivity contribution >= 4 is 27.3 Å². The molecule has 120 valence electrons. The Morgan fingerprint density at radius 3 is 2.75 bits per heavy atom. The van der Waals surface area contributed by atoms with E-state index in [0.717, 1.165) is 58.6 Å². The molecule has 3 nitrogen and oxygen atoms in total. The quantitative estimate of drug-likeness (QED) is 0.781. The minimum atomic E-state index is 0.735. The van der Waals surface area contributed by atoms with Crippen molar-refractivity contribution < 1.29 is 0 Å². The van der Waals surface area contributed by atoms with Crippen molar-refractivity contribution in [2.24, 2.45) is 4.99 Å². The molecule has 4 heteroatoms. The zero-order chi connectivity index (χ0) is 16.5. The molecule has 0 aromatic heterocycles. The summed E-state index contributed by atoms with van der Waals surface area (Å²) < 4.78 is 1.05. The van der Waals surface area contributed by atoms with E-state index in [0.29, 0.717) is 0 Å². The van der Waals surface area contributed by atoms with Crippen LogP contribution in [0.25, 0.3) is 0 Å². The number of nitriles is 1. The second kappa shape index (κ2) is 6.51. The Bertz CT molecular complexity index is 858. The van der Waals surface area contributed by atoms with Gasteiger partial charge in [-0.2, -0.15) is 5.26 Å². The highest BCUT2D eigenvalue weighted by Crippen LogP contribution is 2.33. The first-order chi connectivity index (χ1) is 11.7. The summed E-state index contributed by atoms with van der Waals surface area (Å²) in [6.07, 6.45) is 3.29. The number of rotatable bonds is 3. The minimum Gasteiger partial charge on any atom is -0.299 e. The smallest absolute Gasteiger partial charge is 0.0995 e. The molecule has 2 aliphatic heterocycles. The van der Waals surface area contributed by atoms with Crippen LogP contribution in [0.2, 0.25) is 0 Å². The molecular formula is C20H18BrN3. The summed E-state index contributed by atoms with van der Waals surface area (Å²) in [6, 6.07) is 14.8. The molecule has 0 radical (unpaired) electrons. The Hall–Kier alpha value is -1.96. The van der Waals surface area contributed by atoms with Gasteiger partial charge in [0, 0.05) is 23.0 Å². The fraction of sp³-hybridized carbons (Fsp3) is 0.300. The highest BCUT2D eigenvalue weighted by Gasteiger charge is 2.21. The Morgan fingerprint density at radius 2 is 2.00 bits per heavy atom. The van der Waals surface area contributed by atoms with Crippen LogP contribution in [0.15, 0.2) is 45.9 Å². The van der Waals surface area contributed by atoms with Gasteiger partial charge in [0.2, 0.25) is 0 Å². The molecule has 1 fully saturated rings. The second-order valence-corrected chi connectivity index (χ2v) is 7.40. The average Bonchev–Trinajstić information content (AvgIpc) is 3.23. The van der Waals surface area contributed by atoms with Gasteiger partial charge in [-0.15, -0.1) is 0 Å².